The number of rotatable bonds is 5. The lowest BCUT2D eigenvalue weighted by molar-refractivity contribution is 0.374. The fourth-order valence-electron chi connectivity index (χ4n) is 2.31. The van der Waals surface area contributed by atoms with E-state index in [1.54, 1.807) is 0 Å². The SMILES string of the molecule is Cc1cc2ncc(C(C)NCC(C)C(C)C)c(C)n2n1. The molecule has 2 heterocycles. The standard InChI is InChI=1S/C16H26N4/c1-10(2)11(3)8-17-13(5)15-9-18-16-7-12(4)19-20(16)14(15)6/h7,9-11,13,17H,8H2,1-6H3. The fraction of sp³-hybridized carbons (Fsp3) is 0.625. The van der Waals surface area contributed by atoms with Crippen molar-refractivity contribution in [2.75, 3.05) is 6.54 Å². The molecule has 110 valence electrons. The van der Waals surface area contributed by atoms with Gasteiger partial charge >= 0.3 is 0 Å². The molecule has 0 aliphatic heterocycles. The first-order valence-electron chi connectivity index (χ1n) is 7.45. The van der Waals surface area contributed by atoms with Crippen LogP contribution in [0.5, 0.6) is 0 Å². The van der Waals surface area contributed by atoms with Gasteiger partial charge in [0.15, 0.2) is 5.65 Å². The van der Waals surface area contributed by atoms with Crippen LogP contribution in [0.1, 0.15) is 50.7 Å². The summed E-state index contributed by atoms with van der Waals surface area (Å²) in [6, 6.07) is 2.30. The first-order chi connectivity index (χ1) is 9.40. The Balaban J connectivity index is 2.17. The predicted molar refractivity (Wildman–Crippen MR) is 82.9 cm³/mol. The number of aromatic nitrogens is 3. The molecule has 2 rings (SSSR count). The molecule has 4 nitrogen and oxygen atoms in total. The molecule has 0 fully saturated rings. The van der Waals surface area contributed by atoms with E-state index in [4.69, 9.17) is 0 Å². The Morgan fingerprint density at radius 3 is 2.55 bits per heavy atom. The van der Waals surface area contributed by atoms with Gasteiger partial charge < -0.3 is 5.32 Å². The highest BCUT2D eigenvalue weighted by Crippen LogP contribution is 2.19. The molecule has 2 aromatic heterocycles. The topological polar surface area (TPSA) is 42.2 Å². The minimum Gasteiger partial charge on any atom is -0.310 e. The van der Waals surface area contributed by atoms with Crippen molar-refractivity contribution >= 4 is 5.65 Å². The van der Waals surface area contributed by atoms with Gasteiger partial charge in [-0.1, -0.05) is 20.8 Å². The van der Waals surface area contributed by atoms with E-state index in [1.807, 2.05) is 23.7 Å². The normalized spacial score (nSPS) is 14.9. The molecule has 0 aromatic carbocycles. The third kappa shape index (κ3) is 3.01. The van der Waals surface area contributed by atoms with Crippen molar-refractivity contribution < 1.29 is 0 Å². The van der Waals surface area contributed by atoms with Crippen LogP contribution in [-0.4, -0.2) is 21.1 Å². The Hall–Kier alpha value is -1.42. The lowest BCUT2D eigenvalue weighted by Gasteiger charge is -2.21. The largest absolute Gasteiger partial charge is 0.310 e. The minimum atomic E-state index is 0.289. The first kappa shape index (κ1) is 15.0. The second-order valence-electron chi connectivity index (χ2n) is 6.21. The Bertz CT molecular complexity index is 585. The molecule has 0 aliphatic carbocycles. The second-order valence-corrected chi connectivity index (χ2v) is 6.21. The van der Waals surface area contributed by atoms with Crippen molar-refractivity contribution in [3.8, 4) is 0 Å². The summed E-state index contributed by atoms with van der Waals surface area (Å²) in [6.45, 7) is 14.1. The fourth-order valence-corrected chi connectivity index (χ4v) is 2.31. The van der Waals surface area contributed by atoms with Crippen LogP contribution in [0.2, 0.25) is 0 Å². The van der Waals surface area contributed by atoms with E-state index < -0.39 is 0 Å². The highest BCUT2D eigenvalue weighted by atomic mass is 15.3. The number of hydrogen-bond donors (Lipinski definition) is 1. The lowest BCUT2D eigenvalue weighted by atomic mass is 9.97. The molecule has 4 heteroatoms. The average molecular weight is 274 g/mol. The number of nitrogens with one attached hydrogen (secondary N) is 1. The first-order valence-corrected chi connectivity index (χ1v) is 7.45. The van der Waals surface area contributed by atoms with E-state index >= 15 is 0 Å². The van der Waals surface area contributed by atoms with Crippen LogP contribution in [-0.2, 0) is 0 Å². The summed E-state index contributed by atoms with van der Waals surface area (Å²) in [7, 11) is 0. The molecule has 2 unspecified atom stereocenters. The van der Waals surface area contributed by atoms with Crippen LogP contribution in [0.25, 0.3) is 5.65 Å². The van der Waals surface area contributed by atoms with E-state index in [9.17, 15) is 0 Å². The lowest BCUT2D eigenvalue weighted by Crippen LogP contribution is -2.27. The number of aryl methyl sites for hydroxylation is 2. The van der Waals surface area contributed by atoms with Gasteiger partial charge in [0.25, 0.3) is 0 Å². The van der Waals surface area contributed by atoms with E-state index in [2.05, 4.69) is 50.0 Å². The maximum Gasteiger partial charge on any atom is 0.155 e. The van der Waals surface area contributed by atoms with Crippen LogP contribution >= 0.6 is 0 Å². The van der Waals surface area contributed by atoms with Crippen molar-refractivity contribution in [1.29, 1.82) is 0 Å². The Labute approximate surface area is 121 Å². The number of nitrogens with zero attached hydrogens (tertiary/aromatic N) is 3. The quantitative estimate of drug-likeness (QED) is 0.909. The van der Waals surface area contributed by atoms with Gasteiger partial charge in [-0.2, -0.15) is 5.10 Å². The van der Waals surface area contributed by atoms with Gasteiger partial charge in [-0.15, -0.1) is 0 Å². The van der Waals surface area contributed by atoms with Crippen LogP contribution in [0.4, 0.5) is 0 Å². The van der Waals surface area contributed by atoms with Crippen molar-refractivity contribution in [1.82, 2.24) is 19.9 Å². The summed E-state index contributed by atoms with van der Waals surface area (Å²) in [5.74, 6) is 1.37. The summed E-state index contributed by atoms with van der Waals surface area (Å²) in [6.07, 6.45) is 1.98. The Kier molecular flexibility index (Phi) is 4.43. The van der Waals surface area contributed by atoms with Crippen molar-refractivity contribution in [3.63, 3.8) is 0 Å². The predicted octanol–water partition coefficient (Wildman–Crippen LogP) is 3.29. The third-order valence-electron chi connectivity index (χ3n) is 4.23. The van der Waals surface area contributed by atoms with Gasteiger partial charge in [0.1, 0.15) is 0 Å². The number of fused-ring (bicyclic) bond motifs is 1. The smallest absolute Gasteiger partial charge is 0.155 e. The summed E-state index contributed by atoms with van der Waals surface area (Å²) in [5, 5.41) is 8.12. The van der Waals surface area contributed by atoms with Crippen LogP contribution in [0.15, 0.2) is 12.3 Å². The van der Waals surface area contributed by atoms with E-state index in [-0.39, 0.29) is 6.04 Å². The molecule has 0 aliphatic rings. The zero-order chi connectivity index (χ0) is 14.9. The van der Waals surface area contributed by atoms with Gasteiger partial charge in [-0.05, 0) is 39.2 Å². The van der Waals surface area contributed by atoms with Gasteiger partial charge in [-0.25, -0.2) is 9.50 Å². The number of hydrogen-bond acceptors (Lipinski definition) is 3. The molecule has 0 bridgehead atoms. The van der Waals surface area contributed by atoms with Gasteiger partial charge in [-0.3, -0.25) is 0 Å². The molecule has 0 saturated heterocycles. The van der Waals surface area contributed by atoms with E-state index in [0.717, 1.165) is 17.9 Å². The van der Waals surface area contributed by atoms with E-state index in [0.29, 0.717) is 11.8 Å². The molecule has 0 saturated carbocycles. The highest BCUT2D eigenvalue weighted by molar-refractivity contribution is 5.42. The summed E-state index contributed by atoms with van der Waals surface area (Å²) < 4.78 is 1.94. The average Bonchev–Trinajstić information content (AvgIpc) is 2.77. The van der Waals surface area contributed by atoms with Crippen LogP contribution in [0, 0.1) is 25.7 Å². The summed E-state index contributed by atoms with van der Waals surface area (Å²) >= 11 is 0. The van der Waals surface area contributed by atoms with Gasteiger partial charge in [0, 0.05) is 29.6 Å². The van der Waals surface area contributed by atoms with Gasteiger partial charge in [0.2, 0.25) is 0 Å². The summed E-state index contributed by atoms with van der Waals surface area (Å²) in [4.78, 5) is 4.51. The third-order valence-corrected chi connectivity index (χ3v) is 4.23. The zero-order valence-corrected chi connectivity index (χ0v) is 13.4. The molecule has 0 spiro atoms. The maximum atomic E-state index is 4.51. The summed E-state index contributed by atoms with van der Waals surface area (Å²) in [5.41, 5.74) is 4.31. The molecular formula is C16H26N4. The molecule has 2 aromatic rings. The second kappa shape index (κ2) is 5.92. The van der Waals surface area contributed by atoms with Crippen LogP contribution in [0.3, 0.4) is 0 Å². The molecule has 2 atom stereocenters. The van der Waals surface area contributed by atoms with Crippen LogP contribution < -0.4 is 5.32 Å². The zero-order valence-electron chi connectivity index (χ0n) is 13.4. The van der Waals surface area contributed by atoms with Gasteiger partial charge in [0.05, 0.1) is 5.69 Å². The molecule has 20 heavy (non-hydrogen) atoms. The van der Waals surface area contributed by atoms with Crippen molar-refractivity contribution in [2.45, 2.75) is 47.6 Å². The Morgan fingerprint density at radius 1 is 1.20 bits per heavy atom. The van der Waals surface area contributed by atoms with Crippen molar-refractivity contribution in [3.05, 3.63) is 29.2 Å². The highest BCUT2D eigenvalue weighted by Gasteiger charge is 2.14. The molecule has 0 radical (unpaired) electrons. The molecule has 1 N–H and O–H groups in total. The van der Waals surface area contributed by atoms with Crippen molar-refractivity contribution in [2.24, 2.45) is 11.8 Å². The van der Waals surface area contributed by atoms with E-state index in [1.165, 1.54) is 11.3 Å². The minimum absolute atomic E-state index is 0.289. The Morgan fingerprint density at radius 2 is 1.90 bits per heavy atom. The maximum absolute atomic E-state index is 4.51. The molecular weight excluding hydrogens is 248 g/mol. The monoisotopic (exact) mass is 274 g/mol. The molecule has 0 amide bonds.